The number of ether oxygens (including phenoxy) is 1. The van der Waals surface area contributed by atoms with Crippen molar-refractivity contribution in [3.63, 3.8) is 0 Å². The van der Waals surface area contributed by atoms with Crippen molar-refractivity contribution in [2.75, 3.05) is 11.9 Å². The Labute approximate surface area is 122 Å². The summed E-state index contributed by atoms with van der Waals surface area (Å²) in [4.78, 5) is 0. The van der Waals surface area contributed by atoms with Gasteiger partial charge >= 0.3 is 0 Å². The Hall–Kier alpha value is -1.66. The highest BCUT2D eigenvalue weighted by Gasteiger charge is 2.21. The average molecular weight is 294 g/mol. The Morgan fingerprint density at radius 3 is 3.05 bits per heavy atom. The fourth-order valence-electron chi connectivity index (χ4n) is 2.33. The molecule has 0 aliphatic carbocycles. The number of hydrogen-bond acceptors (Lipinski definition) is 5. The van der Waals surface area contributed by atoms with E-state index in [1.54, 1.807) is 11.0 Å². The van der Waals surface area contributed by atoms with Gasteiger partial charge in [-0.15, -0.1) is 5.10 Å². The van der Waals surface area contributed by atoms with E-state index in [2.05, 4.69) is 27.8 Å². The average Bonchev–Trinajstić information content (AvgIpc) is 3.09. The van der Waals surface area contributed by atoms with Crippen molar-refractivity contribution in [2.24, 2.45) is 0 Å². The largest absolute Gasteiger partial charge is 0.381 e. The lowest BCUT2D eigenvalue weighted by Crippen LogP contribution is -2.20. The lowest BCUT2D eigenvalue weighted by molar-refractivity contribution is 0.0637. The summed E-state index contributed by atoms with van der Waals surface area (Å²) in [7, 11) is 0. The Morgan fingerprint density at radius 2 is 2.35 bits per heavy atom. The minimum atomic E-state index is 0.248. The lowest BCUT2D eigenvalue weighted by atomic mass is 10.2. The van der Waals surface area contributed by atoms with Crippen molar-refractivity contribution < 1.29 is 4.74 Å². The van der Waals surface area contributed by atoms with E-state index in [9.17, 15) is 0 Å². The third-order valence-corrected chi connectivity index (χ3v) is 3.73. The van der Waals surface area contributed by atoms with Crippen molar-refractivity contribution in [3.05, 3.63) is 29.5 Å². The highest BCUT2D eigenvalue weighted by atomic mass is 35.5. The summed E-state index contributed by atoms with van der Waals surface area (Å²) in [6.07, 6.45) is 4.35. The molecule has 20 heavy (non-hydrogen) atoms. The minimum Gasteiger partial charge on any atom is -0.381 e. The molecule has 106 valence electrons. The van der Waals surface area contributed by atoms with E-state index in [1.807, 2.05) is 18.2 Å². The van der Waals surface area contributed by atoms with Crippen LogP contribution in [0.2, 0.25) is 5.02 Å². The zero-order valence-electron chi connectivity index (χ0n) is 11.2. The summed E-state index contributed by atoms with van der Waals surface area (Å²) in [5.74, 6) is 0. The second-order valence-corrected chi connectivity index (χ2v) is 5.35. The first-order valence-electron chi connectivity index (χ1n) is 6.64. The van der Waals surface area contributed by atoms with Crippen LogP contribution in [-0.4, -0.2) is 39.0 Å². The van der Waals surface area contributed by atoms with E-state index < -0.39 is 0 Å². The highest BCUT2D eigenvalue weighted by molar-refractivity contribution is 6.33. The number of rotatable bonds is 4. The number of nitrogens with zero attached hydrogens (tertiary/aromatic N) is 4. The van der Waals surface area contributed by atoms with Gasteiger partial charge in [0.2, 0.25) is 0 Å². The topological polar surface area (TPSA) is 64.9 Å². The summed E-state index contributed by atoms with van der Waals surface area (Å²) >= 11 is 6.21. The van der Waals surface area contributed by atoms with Gasteiger partial charge in [0.05, 0.1) is 28.6 Å². The Bertz CT molecular complexity index is 574. The maximum atomic E-state index is 6.21. The molecular weight excluding hydrogens is 278 g/mol. The first-order chi connectivity index (χ1) is 9.72. The molecule has 1 aromatic heterocycles. The number of benzene rings is 1. The molecule has 1 fully saturated rings. The van der Waals surface area contributed by atoms with Crippen LogP contribution in [-0.2, 0) is 4.74 Å². The predicted octanol–water partition coefficient (Wildman–Crippen LogP) is 2.30. The van der Waals surface area contributed by atoms with Gasteiger partial charge < -0.3 is 10.1 Å². The van der Waals surface area contributed by atoms with Gasteiger partial charge in [-0.3, -0.25) is 0 Å². The van der Waals surface area contributed by atoms with Crippen LogP contribution in [0, 0.1) is 0 Å². The molecular formula is C13H16ClN5O. The van der Waals surface area contributed by atoms with Crippen LogP contribution in [0.5, 0.6) is 0 Å². The van der Waals surface area contributed by atoms with Crippen LogP contribution in [0.1, 0.15) is 19.8 Å². The van der Waals surface area contributed by atoms with Crippen molar-refractivity contribution in [1.82, 2.24) is 20.2 Å². The summed E-state index contributed by atoms with van der Waals surface area (Å²) in [6, 6.07) is 5.63. The Morgan fingerprint density at radius 1 is 1.45 bits per heavy atom. The predicted molar refractivity (Wildman–Crippen MR) is 76.2 cm³/mol. The second-order valence-electron chi connectivity index (χ2n) is 4.95. The van der Waals surface area contributed by atoms with Gasteiger partial charge in [0, 0.05) is 6.54 Å². The quantitative estimate of drug-likeness (QED) is 0.937. The van der Waals surface area contributed by atoms with Gasteiger partial charge in [-0.25, -0.2) is 4.68 Å². The van der Waals surface area contributed by atoms with Crippen molar-refractivity contribution in [1.29, 1.82) is 0 Å². The Kier molecular flexibility index (Phi) is 3.84. The molecule has 3 rings (SSSR count). The molecule has 2 heterocycles. The summed E-state index contributed by atoms with van der Waals surface area (Å²) in [6.45, 7) is 2.86. The molecule has 0 spiro atoms. The molecule has 2 unspecified atom stereocenters. The highest BCUT2D eigenvalue weighted by Crippen LogP contribution is 2.26. The SMILES string of the molecule is CC1CCC(CNc2cc(-n3cnnn3)ccc2Cl)O1. The number of hydrogen-bond donors (Lipinski definition) is 1. The van der Waals surface area contributed by atoms with Crippen molar-refractivity contribution in [2.45, 2.75) is 32.0 Å². The number of nitrogens with one attached hydrogen (secondary N) is 1. The summed E-state index contributed by atoms with van der Waals surface area (Å²) in [5.41, 5.74) is 1.73. The van der Waals surface area contributed by atoms with E-state index in [-0.39, 0.29) is 6.10 Å². The van der Waals surface area contributed by atoms with Crippen LogP contribution in [0.15, 0.2) is 24.5 Å². The number of aromatic nitrogens is 4. The van der Waals surface area contributed by atoms with Gasteiger partial charge in [-0.05, 0) is 48.4 Å². The third kappa shape index (κ3) is 2.91. The summed E-state index contributed by atoms with van der Waals surface area (Å²) < 4.78 is 7.38. The zero-order valence-corrected chi connectivity index (χ0v) is 11.9. The van der Waals surface area contributed by atoms with Gasteiger partial charge in [0.25, 0.3) is 0 Å². The second kappa shape index (κ2) is 5.76. The molecule has 0 amide bonds. The van der Waals surface area contributed by atoms with E-state index in [0.29, 0.717) is 11.1 Å². The van der Waals surface area contributed by atoms with Gasteiger partial charge in [-0.1, -0.05) is 11.6 Å². The maximum Gasteiger partial charge on any atom is 0.143 e. The summed E-state index contributed by atoms with van der Waals surface area (Å²) in [5, 5.41) is 15.1. The molecule has 6 nitrogen and oxygen atoms in total. The minimum absolute atomic E-state index is 0.248. The number of anilines is 1. The van der Waals surface area contributed by atoms with Crippen molar-refractivity contribution in [3.8, 4) is 5.69 Å². The molecule has 1 aromatic carbocycles. The number of halogens is 1. The van der Waals surface area contributed by atoms with E-state index in [0.717, 1.165) is 30.8 Å². The first-order valence-corrected chi connectivity index (χ1v) is 7.02. The molecule has 0 saturated carbocycles. The van der Waals surface area contributed by atoms with E-state index in [1.165, 1.54) is 0 Å². The lowest BCUT2D eigenvalue weighted by Gasteiger charge is -2.15. The van der Waals surface area contributed by atoms with Crippen LogP contribution in [0.3, 0.4) is 0 Å². The molecule has 1 N–H and O–H groups in total. The first kappa shape index (κ1) is 13.3. The molecule has 1 saturated heterocycles. The fourth-order valence-corrected chi connectivity index (χ4v) is 2.51. The van der Waals surface area contributed by atoms with Crippen LogP contribution in [0.4, 0.5) is 5.69 Å². The van der Waals surface area contributed by atoms with Crippen LogP contribution >= 0.6 is 11.6 Å². The standard InChI is InChI=1S/C13H16ClN5O/c1-9-2-4-11(20-9)7-15-13-6-10(3-5-12(13)14)19-8-16-17-18-19/h3,5-6,8-9,11,15H,2,4,7H2,1H3. The molecule has 7 heteroatoms. The fraction of sp³-hybridized carbons (Fsp3) is 0.462. The molecule has 0 radical (unpaired) electrons. The van der Waals surface area contributed by atoms with Crippen LogP contribution < -0.4 is 5.32 Å². The normalized spacial score (nSPS) is 22.1. The molecule has 0 bridgehead atoms. The number of tetrazole rings is 1. The molecule has 2 aromatic rings. The smallest absolute Gasteiger partial charge is 0.143 e. The third-order valence-electron chi connectivity index (χ3n) is 3.40. The van der Waals surface area contributed by atoms with Gasteiger partial charge in [-0.2, -0.15) is 0 Å². The van der Waals surface area contributed by atoms with Gasteiger partial charge in [0.15, 0.2) is 0 Å². The van der Waals surface area contributed by atoms with Gasteiger partial charge in [0.1, 0.15) is 6.33 Å². The van der Waals surface area contributed by atoms with Crippen molar-refractivity contribution >= 4 is 17.3 Å². The van der Waals surface area contributed by atoms with Crippen LogP contribution in [0.25, 0.3) is 5.69 Å². The molecule has 1 aliphatic rings. The zero-order chi connectivity index (χ0) is 13.9. The monoisotopic (exact) mass is 293 g/mol. The van der Waals surface area contributed by atoms with E-state index in [4.69, 9.17) is 16.3 Å². The van der Waals surface area contributed by atoms with E-state index >= 15 is 0 Å². The molecule has 1 aliphatic heterocycles. The Balaban J connectivity index is 1.70. The molecule has 2 atom stereocenters. The maximum absolute atomic E-state index is 6.21.